The highest BCUT2D eigenvalue weighted by Crippen LogP contribution is 2.32. The fraction of sp³-hybridized carbons (Fsp3) is 0.391. The topological polar surface area (TPSA) is 59.1 Å². The predicted molar refractivity (Wildman–Crippen MR) is 114 cm³/mol. The quantitative estimate of drug-likeness (QED) is 0.643. The van der Waals surface area contributed by atoms with E-state index in [1.807, 2.05) is 49.1 Å². The molecule has 0 bridgehead atoms. The van der Waals surface area contributed by atoms with Gasteiger partial charge in [0.1, 0.15) is 11.5 Å². The molecular weight excluding hydrogens is 368 g/mol. The predicted octanol–water partition coefficient (Wildman–Crippen LogP) is 3.88. The molecule has 0 heterocycles. The van der Waals surface area contributed by atoms with Crippen LogP contribution in [0.1, 0.15) is 32.8 Å². The molecule has 0 aliphatic rings. The van der Waals surface area contributed by atoms with Gasteiger partial charge in [-0.15, -0.1) is 0 Å². The minimum absolute atomic E-state index is 0.00239. The first-order valence-electron chi connectivity index (χ1n) is 9.70. The first kappa shape index (κ1) is 22.3. The van der Waals surface area contributed by atoms with Crippen molar-refractivity contribution in [2.45, 2.75) is 39.8 Å². The van der Waals surface area contributed by atoms with Gasteiger partial charge < -0.3 is 19.3 Å². The van der Waals surface area contributed by atoms with Gasteiger partial charge in [0.2, 0.25) is 11.8 Å². The van der Waals surface area contributed by atoms with Crippen molar-refractivity contribution < 1.29 is 19.1 Å². The monoisotopic (exact) mass is 398 g/mol. The average Bonchev–Trinajstić information content (AvgIpc) is 2.72. The van der Waals surface area contributed by atoms with Crippen LogP contribution in [0.25, 0.3) is 0 Å². The summed E-state index contributed by atoms with van der Waals surface area (Å²) in [5.41, 5.74) is 1.70. The molecule has 6 nitrogen and oxygen atoms in total. The van der Waals surface area contributed by atoms with Crippen molar-refractivity contribution in [3.63, 3.8) is 0 Å². The Labute approximate surface area is 173 Å². The third kappa shape index (κ3) is 5.98. The Kier molecular flexibility index (Phi) is 8.07. The molecule has 0 N–H and O–H groups in total. The molecule has 0 spiro atoms. The smallest absolute Gasteiger partial charge is 0.224 e. The van der Waals surface area contributed by atoms with Gasteiger partial charge in [0.15, 0.2) is 0 Å². The number of nitrogens with zero attached hydrogens (tertiary/aromatic N) is 2. The van der Waals surface area contributed by atoms with Crippen LogP contribution in [-0.4, -0.2) is 43.5 Å². The van der Waals surface area contributed by atoms with E-state index in [-0.39, 0.29) is 30.8 Å². The summed E-state index contributed by atoms with van der Waals surface area (Å²) < 4.78 is 10.6. The summed E-state index contributed by atoms with van der Waals surface area (Å²) in [5, 5.41) is 0. The molecule has 0 radical (unpaired) electrons. The minimum atomic E-state index is -0.152. The molecule has 0 saturated heterocycles. The number of hydrogen-bond donors (Lipinski definition) is 0. The molecule has 0 aliphatic carbocycles. The minimum Gasteiger partial charge on any atom is -0.497 e. The van der Waals surface area contributed by atoms with Crippen LogP contribution >= 0.6 is 0 Å². The first-order valence-corrected chi connectivity index (χ1v) is 9.70. The van der Waals surface area contributed by atoms with E-state index in [9.17, 15) is 9.59 Å². The Bertz CT molecular complexity index is 821. The summed E-state index contributed by atoms with van der Waals surface area (Å²) in [7, 11) is 3.12. The molecule has 156 valence electrons. The van der Waals surface area contributed by atoms with Crippen molar-refractivity contribution in [2.75, 3.05) is 25.7 Å². The number of carbonyl (C=O) groups excluding carboxylic acids is 2. The van der Waals surface area contributed by atoms with E-state index in [2.05, 4.69) is 0 Å². The van der Waals surface area contributed by atoms with E-state index in [4.69, 9.17) is 9.47 Å². The number of carbonyl (C=O) groups is 2. The maximum atomic E-state index is 12.9. The van der Waals surface area contributed by atoms with Crippen molar-refractivity contribution in [3.8, 4) is 11.5 Å². The molecule has 29 heavy (non-hydrogen) atoms. The number of methoxy groups -OCH3 is 2. The lowest BCUT2D eigenvalue weighted by atomic mass is 10.1. The van der Waals surface area contributed by atoms with Crippen LogP contribution in [0.2, 0.25) is 0 Å². The lowest BCUT2D eigenvalue weighted by molar-refractivity contribution is -0.133. The zero-order valence-electron chi connectivity index (χ0n) is 17.8. The number of anilines is 1. The standard InChI is InChI=1S/C23H30N2O4/c1-17(2)25(16-19-9-7-6-8-10-19)23(27)13-14-24(18(3)26)21-12-11-20(28-4)15-22(21)29-5/h6-12,15,17H,13-14,16H2,1-5H3. The third-order valence-electron chi connectivity index (χ3n) is 4.75. The number of benzene rings is 2. The van der Waals surface area contributed by atoms with E-state index < -0.39 is 0 Å². The molecule has 2 aromatic rings. The Morgan fingerprint density at radius 1 is 1.00 bits per heavy atom. The molecule has 0 aliphatic heterocycles. The van der Waals surface area contributed by atoms with E-state index >= 15 is 0 Å². The second-order valence-electron chi connectivity index (χ2n) is 7.06. The Hall–Kier alpha value is -3.02. The largest absolute Gasteiger partial charge is 0.497 e. The number of rotatable bonds is 9. The fourth-order valence-electron chi connectivity index (χ4n) is 3.15. The molecule has 0 atom stereocenters. The van der Waals surface area contributed by atoms with Crippen LogP contribution in [0.3, 0.4) is 0 Å². The van der Waals surface area contributed by atoms with E-state index in [0.717, 1.165) is 5.56 Å². The second-order valence-corrected chi connectivity index (χ2v) is 7.06. The summed E-state index contributed by atoms with van der Waals surface area (Å²) in [6.07, 6.45) is 0.222. The number of hydrogen-bond acceptors (Lipinski definition) is 4. The molecule has 2 amide bonds. The van der Waals surface area contributed by atoms with Crippen LogP contribution in [0.4, 0.5) is 5.69 Å². The lowest BCUT2D eigenvalue weighted by Crippen LogP contribution is -2.39. The van der Waals surface area contributed by atoms with Crippen molar-refractivity contribution in [2.24, 2.45) is 0 Å². The first-order chi connectivity index (χ1) is 13.9. The van der Waals surface area contributed by atoms with Crippen molar-refractivity contribution in [1.82, 2.24) is 4.90 Å². The Morgan fingerprint density at radius 2 is 1.69 bits per heavy atom. The van der Waals surface area contributed by atoms with Crippen molar-refractivity contribution in [3.05, 3.63) is 54.1 Å². The Balaban J connectivity index is 2.15. The summed E-state index contributed by atoms with van der Waals surface area (Å²) in [5.74, 6) is 1.01. The highest BCUT2D eigenvalue weighted by atomic mass is 16.5. The number of ether oxygens (including phenoxy) is 2. The van der Waals surface area contributed by atoms with Gasteiger partial charge in [-0.3, -0.25) is 9.59 Å². The molecule has 0 saturated carbocycles. The highest BCUT2D eigenvalue weighted by Gasteiger charge is 2.22. The van der Waals surface area contributed by atoms with Gasteiger partial charge in [-0.05, 0) is 31.5 Å². The van der Waals surface area contributed by atoms with Gasteiger partial charge in [0, 0.05) is 38.5 Å². The number of amides is 2. The lowest BCUT2D eigenvalue weighted by Gasteiger charge is -2.29. The average molecular weight is 399 g/mol. The third-order valence-corrected chi connectivity index (χ3v) is 4.75. The second kappa shape index (κ2) is 10.5. The van der Waals surface area contributed by atoms with Gasteiger partial charge in [-0.1, -0.05) is 30.3 Å². The van der Waals surface area contributed by atoms with Crippen LogP contribution in [0.15, 0.2) is 48.5 Å². The molecule has 0 unspecified atom stereocenters. The van der Waals surface area contributed by atoms with E-state index in [1.165, 1.54) is 6.92 Å². The van der Waals surface area contributed by atoms with Gasteiger partial charge in [-0.2, -0.15) is 0 Å². The van der Waals surface area contributed by atoms with Crippen molar-refractivity contribution in [1.29, 1.82) is 0 Å². The summed E-state index contributed by atoms with van der Waals surface area (Å²) in [6, 6.07) is 15.2. The summed E-state index contributed by atoms with van der Waals surface area (Å²) >= 11 is 0. The molecule has 6 heteroatoms. The molecular formula is C23H30N2O4. The van der Waals surface area contributed by atoms with Crippen LogP contribution in [-0.2, 0) is 16.1 Å². The fourth-order valence-corrected chi connectivity index (χ4v) is 3.15. The van der Waals surface area contributed by atoms with E-state index in [1.54, 1.807) is 37.3 Å². The van der Waals surface area contributed by atoms with E-state index in [0.29, 0.717) is 23.7 Å². The summed E-state index contributed by atoms with van der Waals surface area (Å²) in [4.78, 5) is 28.6. The van der Waals surface area contributed by atoms with Gasteiger partial charge >= 0.3 is 0 Å². The molecule has 2 rings (SSSR count). The van der Waals surface area contributed by atoms with Crippen LogP contribution in [0.5, 0.6) is 11.5 Å². The maximum absolute atomic E-state index is 12.9. The summed E-state index contributed by atoms with van der Waals surface area (Å²) in [6.45, 7) is 6.29. The van der Waals surface area contributed by atoms with Crippen LogP contribution < -0.4 is 14.4 Å². The maximum Gasteiger partial charge on any atom is 0.224 e. The zero-order chi connectivity index (χ0) is 21.4. The highest BCUT2D eigenvalue weighted by molar-refractivity contribution is 5.94. The molecule has 0 aromatic heterocycles. The molecule has 0 fully saturated rings. The van der Waals surface area contributed by atoms with Gasteiger partial charge in [0.05, 0.1) is 19.9 Å². The zero-order valence-corrected chi connectivity index (χ0v) is 17.8. The molecule has 2 aromatic carbocycles. The normalized spacial score (nSPS) is 10.6. The van der Waals surface area contributed by atoms with Crippen LogP contribution in [0, 0.1) is 0 Å². The van der Waals surface area contributed by atoms with Gasteiger partial charge in [0.25, 0.3) is 0 Å². The Morgan fingerprint density at radius 3 is 2.24 bits per heavy atom. The van der Waals surface area contributed by atoms with Crippen molar-refractivity contribution >= 4 is 17.5 Å². The van der Waals surface area contributed by atoms with Gasteiger partial charge in [-0.25, -0.2) is 0 Å². The SMILES string of the molecule is COc1ccc(N(CCC(=O)N(Cc2ccccc2)C(C)C)C(C)=O)c(OC)c1.